The third kappa shape index (κ3) is 6.64. The second-order valence-corrected chi connectivity index (χ2v) is 7.87. The molecule has 0 spiro atoms. The predicted molar refractivity (Wildman–Crippen MR) is 129 cm³/mol. The molecule has 0 unspecified atom stereocenters. The summed E-state index contributed by atoms with van der Waals surface area (Å²) in [6.45, 7) is 12.8. The monoisotopic (exact) mass is 536 g/mol. The van der Waals surface area contributed by atoms with Gasteiger partial charge in [0.2, 0.25) is 11.0 Å². The van der Waals surface area contributed by atoms with E-state index >= 15 is 0 Å². The molecular weight excluding hydrogens is 503 g/mol. The number of amides is 1. The number of guanidine groups is 1. The van der Waals surface area contributed by atoms with Crippen LogP contribution in [0.4, 0.5) is 5.13 Å². The summed E-state index contributed by atoms with van der Waals surface area (Å²) in [4.78, 5) is 29.4. The lowest BCUT2D eigenvalue weighted by molar-refractivity contribution is -0.130. The number of nitrogens with one attached hydrogen (secondary N) is 1. The molecule has 2 aliphatic heterocycles. The Hall–Kier alpha value is -1.21. The van der Waals surface area contributed by atoms with Gasteiger partial charge < -0.3 is 20.0 Å². The van der Waals surface area contributed by atoms with Crippen LogP contribution in [-0.2, 0) is 11.2 Å². The largest absolute Gasteiger partial charge is 0.355 e. The molecule has 29 heavy (non-hydrogen) atoms. The summed E-state index contributed by atoms with van der Waals surface area (Å²) in [6, 6.07) is 0. The van der Waals surface area contributed by atoms with E-state index in [0.717, 1.165) is 88.8 Å². The number of halogens is 1. The molecule has 1 aromatic rings. The summed E-state index contributed by atoms with van der Waals surface area (Å²) in [7, 11) is 1.85. The predicted octanol–water partition coefficient (Wildman–Crippen LogP) is 0.580. The number of carbonyl (C=O) groups is 1. The summed E-state index contributed by atoms with van der Waals surface area (Å²) in [6.07, 6.45) is 0.886. The van der Waals surface area contributed by atoms with Crippen molar-refractivity contribution < 1.29 is 4.79 Å². The zero-order valence-corrected chi connectivity index (χ0v) is 20.8. The molecule has 11 heteroatoms. The van der Waals surface area contributed by atoms with Gasteiger partial charge >= 0.3 is 0 Å². The lowest BCUT2D eigenvalue weighted by Gasteiger charge is -2.37. The van der Waals surface area contributed by atoms with Gasteiger partial charge in [-0.2, -0.15) is 4.37 Å². The molecule has 2 aliphatic rings. The minimum Gasteiger partial charge on any atom is -0.355 e. The average Bonchev–Trinajstić information content (AvgIpc) is 3.21. The summed E-state index contributed by atoms with van der Waals surface area (Å²) in [5, 5.41) is 4.53. The van der Waals surface area contributed by atoms with Crippen molar-refractivity contribution in [1.82, 2.24) is 29.4 Å². The quantitative estimate of drug-likeness (QED) is 0.335. The van der Waals surface area contributed by atoms with Gasteiger partial charge in [0.05, 0.1) is 0 Å². The summed E-state index contributed by atoms with van der Waals surface area (Å²) in [5.74, 6) is 2.08. The molecule has 9 nitrogen and oxygen atoms in total. The van der Waals surface area contributed by atoms with Crippen molar-refractivity contribution >= 4 is 52.5 Å². The van der Waals surface area contributed by atoms with E-state index in [4.69, 9.17) is 0 Å². The highest BCUT2D eigenvalue weighted by molar-refractivity contribution is 14.0. The van der Waals surface area contributed by atoms with Crippen LogP contribution < -0.4 is 10.2 Å². The van der Waals surface area contributed by atoms with Gasteiger partial charge in [-0.3, -0.25) is 14.7 Å². The number of rotatable bonds is 5. The van der Waals surface area contributed by atoms with Crippen LogP contribution in [0.25, 0.3) is 0 Å². The number of aryl methyl sites for hydroxylation is 1. The second-order valence-electron chi connectivity index (χ2n) is 7.14. The highest BCUT2D eigenvalue weighted by atomic mass is 127. The van der Waals surface area contributed by atoms with Gasteiger partial charge in [0, 0.05) is 97.4 Å². The third-order valence-electron chi connectivity index (χ3n) is 5.36. The first kappa shape index (κ1) is 24.1. The molecule has 0 atom stereocenters. The highest BCUT2D eigenvalue weighted by Crippen LogP contribution is 2.19. The Labute approximate surface area is 194 Å². The van der Waals surface area contributed by atoms with Crippen LogP contribution in [0.15, 0.2) is 4.99 Å². The average molecular weight is 536 g/mol. The van der Waals surface area contributed by atoms with Crippen molar-refractivity contribution in [2.45, 2.75) is 20.3 Å². The van der Waals surface area contributed by atoms with Crippen LogP contribution in [0, 0.1) is 0 Å². The van der Waals surface area contributed by atoms with Gasteiger partial charge in [-0.15, -0.1) is 24.0 Å². The molecule has 0 saturated carbocycles. The minimum absolute atomic E-state index is 0. The van der Waals surface area contributed by atoms with Crippen molar-refractivity contribution in [3.05, 3.63) is 5.82 Å². The number of hydrogen-bond acceptors (Lipinski definition) is 7. The maximum absolute atomic E-state index is 11.4. The van der Waals surface area contributed by atoms with Crippen molar-refractivity contribution in [2.75, 3.05) is 77.4 Å². The number of nitrogens with zero attached hydrogens (tertiary/aromatic N) is 7. The fraction of sp³-hybridized carbons (Fsp3) is 0.778. The molecule has 0 radical (unpaired) electrons. The van der Waals surface area contributed by atoms with Gasteiger partial charge in [0.1, 0.15) is 5.82 Å². The second kappa shape index (κ2) is 11.8. The first-order chi connectivity index (χ1) is 13.6. The van der Waals surface area contributed by atoms with Gasteiger partial charge in [0.25, 0.3) is 0 Å². The summed E-state index contributed by atoms with van der Waals surface area (Å²) < 4.78 is 4.39. The van der Waals surface area contributed by atoms with Crippen molar-refractivity contribution in [1.29, 1.82) is 0 Å². The van der Waals surface area contributed by atoms with Gasteiger partial charge in [-0.25, -0.2) is 4.98 Å². The maximum Gasteiger partial charge on any atom is 0.219 e. The Kier molecular flexibility index (Phi) is 9.83. The Morgan fingerprint density at radius 3 is 2.31 bits per heavy atom. The number of aromatic nitrogens is 2. The number of anilines is 1. The zero-order chi connectivity index (χ0) is 19.9. The van der Waals surface area contributed by atoms with Crippen molar-refractivity contribution in [3.8, 4) is 0 Å². The molecule has 3 heterocycles. The van der Waals surface area contributed by atoms with Crippen LogP contribution in [0.2, 0.25) is 0 Å². The molecule has 1 N–H and O–H groups in total. The van der Waals surface area contributed by atoms with E-state index in [1.165, 1.54) is 11.5 Å². The Morgan fingerprint density at radius 2 is 1.76 bits per heavy atom. The first-order valence-electron chi connectivity index (χ1n) is 10.1. The van der Waals surface area contributed by atoms with E-state index in [2.05, 4.69) is 41.3 Å². The summed E-state index contributed by atoms with van der Waals surface area (Å²) in [5.41, 5.74) is 0. The molecule has 0 aliphatic carbocycles. The van der Waals surface area contributed by atoms with Crippen molar-refractivity contribution in [3.63, 3.8) is 0 Å². The fourth-order valence-electron chi connectivity index (χ4n) is 3.57. The molecule has 164 valence electrons. The number of aliphatic imine (C=N–C) groups is 1. The molecule has 1 aromatic heterocycles. The Bertz CT molecular complexity index is 669. The Morgan fingerprint density at radius 1 is 1.10 bits per heavy atom. The van der Waals surface area contributed by atoms with Gasteiger partial charge in [-0.1, -0.05) is 6.92 Å². The molecule has 0 bridgehead atoms. The standard InChI is InChI=1S/C18H32N8OS.HI/c1-4-16-21-18(28-22-16)26-13-11-25(12-14-26)17(19-3)20-5-6-23-7-9-24(10-8-23)15(2)27;/h4-14H2,1-3H3,(H,19,20);1H. The third-order valence-corrected chi connectivity index (χ3v) is 6.18. The number of hydrogen-bond donors (Lipinski definition) is 1. The van der Waals surface area contributed by atoms with Crippen LogP contribution in [0.3, 0.4) is 0 Å². The molecule has 2 saturated heterocycles. The van der Waals surface area contributed by atoms with Crippen LogP contribution in [0.5, 0.6) is 0 Å². The number of carbonyl (C=O) groups excluding carboxylic acids is 1. The SMILES string of the molecule is CCc1nsc(N2CCN(C(=NC)NCCN3CCN(C(C)=O)CC3)CC2)n1.I. The fourth-order valence-corrected chi connectivity index (χ4v) is 4.37. The molecule has 2 fully saturated rings. The first-order valence-corrected chi connectivity index (χ1v) is 10.9. The number of piperazine rings is 2. The molecular formula is C18H33IN8OS. The van der Waals surface area contributed by atoms with E-state index in [0.29, 0.717) is 0 Å². The van der Waals surface area contributed by atoms with E-state index in [-0.39, 0.29) is 29.9 Å². The van der Waals surface area contributed by atoms with E-state index in [1.54, 1.807) is 6.92 Å². The molecule has 0 aromatic carbocycles. The molecule has 1 amide bonds. The Balaban J connectivity index is 0.00000300. The summed E-state index contributed by atoms with van der Waals surface area (Å²) >= 11 is 1.50. The lowest BCUT2D eigenvalue weighted by atomic mass is 10.3. The smallest absolute Gasteiger partial charge is 0.219 e. The van der Waals surface area contributed by atoms with E-state index < -0.39 is 0 Å². The highest BCUT2D eigenvalue weighted by Gasteiger charge is 2.22. The zero-order valence-electron chi connectivity index (χ0n) is 17.6. The minimum atomic E-state index is 0. The van der Waals surface area contributed by atoms with E-state index in [1.807, 2.05) is 11.9 Å². The molecule has 3 rings (SSSR count). The van der Waals surface area contributed by atoms with Gasteiger partial charge in [-0.05, 0) is 0 Å². The van der Waals surface area contributed by atoms with Gasteiger partial charge in [0.15, 0.2) is 5.96 Å². The van der Waals surface area contributed by atoms with Crippen LogP contribution >= 0.6 is 35.5 Å². The van der Waals surface area contributed by atoms with Crippen molar-refractivity contribution in [2.24, 2.45) is 4.99 Å². The maximum atomic E-state index is 11.4. The topological polar surface area (TPSA) is 80.2 Å². The van der Waals surface area contributed by atoms with E-state index in [9.17, 15) is 4.79 Å². The van der Waals surface area contributed by atoms with Crippen LogP contribution in [-0.4, -0.2) is 108 Å². The normalized spacial score (nSPS) is 18.6. The van der Waals surface area contributed by atoms with Crippen LogP contribution in [0.1, 0.15) is 19.7 Å². The lowest BCUT2D eigenvalue weighted by Crippen LogP contribution is -2.54.